The maximum absolute atomic E-state index is 14.0. The zero-order chi connectivity index (χ0) is 35.9. The number of rotatable bonds is 9. The molecule has 48 heavy (non-hydrogen) atoms. The SMILES string of the molecule is CC(C)(C)Oc1ccc(S(=O)(=O)c2cc(S(=O)(=O)c3ccc(OC(C)(C)C)cc3)cc(S(=O)(=O)c3ccc(OC(C)(C)C)cc3)c2)cc1. The first kappa shape index (κ1) is 37.0. The Balaban J connectivity index is 1.87. The highest BCUT2D eigenvalue weighted by molar-refractivity contribution is 7.93. The molecule has 4 rings (SSSR count). The number of hydrogen-bond acceptors (Lipinski definition) is 9. The second-order valence-corrected chi connectivity index (χ2v) is 20.1. The summed E-state index contributed by atoms with van der Waals surface area (Å²) in [5.41, 5.74) is -1.58. The van der Waals surface area contributed by atoms with E-state index in [4.69, 9.17) is 14.2 Å². The Bertz CT molecular complexity index is 1840. The van der Waals surface area contributed by atoms with Gasteiger partial charge in [0.1, 0.15) is 34.1 Å². The van der Waals surface area contributed by atoms with Gasteiger partial charge in [0.25, 0.3) is 0 Å². The molecule has 4 aromatic carbocycles. The molecule has 0 unspecified atom stereocenters. The normalized spacial score (nSPS) is 13.2. The Kier molecular flexibility index (Phi) is 9.91. The highest BCUT2D eigenvalue weighted by Gasteiger charge is 2.29. The van der Waals surface area contributed by atoms with E-state index >= 15 is 0 Å². The lowest BCUT2D eigenvalue weighted by Gasteiger charge is -2.21. The van der Waals surface area contributed by atoms with Crippen molar-refractivity contribution in [3.63, 3.8) is 0 Å². The molecule has 0 spiro atoms. The minimum Gasteiger partial charge on any atom is -0.488 e. The average Bonchev–Trinajstić information content (AvgIpc) is 2.95. The van der Waals surface area contributed by atoms with Gasteiger partial charge in [-0.3, -0.25) is 0 Å². The Morgan fingerprint density at radius 1 is 0.333 bits per heavy atom. The average molecular weight is 715 g/mol. The van der Waals surface area contributed by atoms with Crippen molar-refractivity contribution in [2.45, 2.75) is 108 Å². The summed E-state index contributed by atoms with van der Waals surface area (Å²) in [6.45, 7) is 16.6. The van der Waals surface area contributed by atoms with Crippen molar-refractivity contribution in [2.75, 3.05) is 0 Å². The van der Waals surface area contributed by atoms with Crippen molar-refractivity contribution in [3.8, 4) is 17.2 Å². The van der Waals surface area contributed by atoms with Crippen LogP contribution in [0, 0.1) is 0 Å². The summed E-state index contributed by atoms with van der Waals surface area (Å²) < 4.78 is 101. The molecule has 0 aliphatic rings. The lowest BCUT2D eigenvalue weighted by Crippen LogP contribution is -2.22. The smallest absolute Gasteiger partial charge is 0.206 e. The summed E-state index contributed by atoms with van der Waals surface area (Å²) in [6, 6.07) is 19.8. The molecule has 0 amide bonds. The quantitative estimate of drug-likeness (QED) is 0.171. The van der Waals surface area contributed by atoms with Crippen LogP contribution in [0.3, 0.4) is 0 Å². The van der Waals surface area contributed by atoms with E-state index in [1.54, 1.807) is 0 Å². The van der Waals surface area contributed by atoms with Gasteiger partial charge in [0.15, 0.2) is 0 Å². The maximum atomic E-state index is 14.0. The lowest BCUT2D eigenvalue weighted by atomic mass is 10.2. The molecule has 258 valence electrons. The van der Waals surface area contributed by atoms with Crippen LogP contribution in [0.15, 0.2) is 120 Å². The first-order chi connectivity index (χ1) is 21.9. The van der Waals surface area contributed by atoms with Crippen molar-refractivity contribution in [3.05, 3.63) is 91.0 Å². The molecule has 0 saturated heterocycles. The van der Waals surface area contributed by atoms with Crippen LogP contribution in [0.1, 0.15) is 62.3 Å². The number of sulfone groups is 3. The van der Waals surface area contributed by atoms with Gasteiger partial charge in [-0.1, -0.05) is 0 Å². The maximum Gasteiger partial charge on any atom is 0.206 e. The van der Waals surface area contributed by atoms with E-state index in [-0.39, 0.29) is 14.7 Å². The first-order valence-electron chi connectivity index (χ1n) is 15.1. The van der Waals surface area contributed by atoms with Crippen molar-refractivity contribution >= 4 is 29.5 Å². The number of hydrogen-bond donors (Lipinski definition) is 0. The first-order valence-corrected chi connectivity index (χ1v) is 19.6. The number of ether oxygens (including phenoxy) is 3. The molecule has 0 heterocycles. The van der Waals surface area contributed by atoms with Gasteiger partial charge < -0.3 is 14.2 Å². The summed E-state index contributed by atoms with van der Waals surface area (Å²) in [5.74, 6) is 1.29. The van der Waals surface area contributed by atoms with Gasteiger partial charge in [-0.05, 0) is 153 Å². The van der Waals surface area contributed by atoms with Gasteiger partial charge in [-0.2, -0.15) is 0 Å². The molecule has 9 nitrogen and oxygen atoms in total. The summed E-state index contributed by atoms with van der Waals surface area (Å²) in [6.07, 6.45) is 0. The van der Waals surface area contributed by atoms with Crippen LogP contribution in [0.25, 0.3) is 0 Å². The third-order valence-electron chi connectivity index (χ3n) is 6.46. The van der Waals surface area contributed by atoms with Crippen molar-refractivity contribution in [1.29, 1.82) is 0 Å². The molecule has 0 N–H and O–H groups in total. The summed E-state index contributed by atoms with van der Waals surface area (Å²) in [7, 11) is -13.2. The molecular weight excluding hydrogens is 673 g/mol. The largest absolute Gasteiger partial charge is 0.488 e. The van der Waals surface area contributed by atoms with E-state index < -0.39 is 61.0 Å². The minimum atomic E-state index is -4.41. The zero-order valence-electron chi connectivity index (χ0n) is 28.6. The van der Waals surface area contributed by atoms with Crippen LogP contribution in [0.5, 0.6) is 17.2 Å². The van der Waals surface area contributed by atoms with Crippen molar-refractivity contribution in [2.24, 2.45) is 0 Å². The summed E-state index contributed by atoms with van der Waals surface area (Å²) >= 11 is 0. The molecule has 0 aromatic heterocycles. The van der Waals surface area contributed by atoms with E-state index in [2.05, 4.69) is 0 Å². The van der Waals surface area contributed by atoms with Gasteiger partial charge >= 0.3 is 0 Å². The molecule has 0 atom stereocenters. The Morgan fingerprint density at radius 3 is 0.688 bits per heavy atom. The summed E-state index contributed by atoms with van der Waals surface area (Å²) in [4.78, 5) is -2.04. The molecule has 0 aliphatic carbocycles. The van der Waals surface area contributed by atoms with Gasteiger partial charge in [0, 0.05) is 0 Å². The van der Waals surface area contributed by atoms with Crippen molar-refractivity contribution < 1.29 is 39.5 Å². The van der Waals surface area contributed by atoms with Crippen LogP contribution in [0.4, 0.5) is 0 Å². The Hall–Kier alpha value is -3.87. The van der Waals surface area contributed by atoms with Gasteiger partial charge in [-0.25, -0.2) is 25.3 Å². The monoisotopic (exact) mass is 714 g/mol. The van der Waals surface area contributed by atoms with Crippen LogP contribution in [-0.4, -0.2) is 42.1 Å². The highest BCUT2D eigenvalue weighted by Crippen LogP contribution is 2.34. The van der Waals surface area contributed by atoms with E-state index in [1.807, 2.05) is 62.3 Å². The molecule has 0 saturated carbocycles. The van der Waals surface area contributed by atoms with Gasteiger partial charge in [0.2, 0.25) is 29.5 Å². The zero-order valence-corrected chi connectivity index (χ0v) is 31.0. The van der Waals surface area contributed by atoms with Crippen LogP contribution in [0.2, 0.25) is 0 Å². The Morgan fingerprint density at radius 2 is 0.521 bits per heavy atom. The van der Waals surface area contributed by atoms with Gasteiger partial charge in [-0.15, -0.1) is 0 Å². The highest BCUT2D eigenvalue weighted by atomic mass is 32.2. The van der Waals surface area contributed by atoms with Crippen LogP contribution in [-0.2, 0) is 29.5 Å². The molecule has 12 heteroatoms. The standard InChI is InChI=1S/C36H42O9S3/c1-34(2,3)43-25-10-16-28(17-11-25)46(37,38)31-22-32(47(39,40)29-18-12-26(13-19-29)44-35(4,5)6)24-33(23-31)48(41,42)30-20-14-27(15-21-30)45-36(7,8)9/h10-24H,1-9H3. The van der Waals surface area contributed by atoms with E-state index in [1.165, 1.54) is 72.8 Å². The van der Waals surface area contributed by atoms with E-state index in [0.717, 1.165) is 18.2 Å². The predicted octanol–water partition coefficient (Wildman–Crippen LogP) is 7.72. The molecule has 0 aliphatic heterocycles. The second kappa shape index (κ2) is 12.9. The van der Waals surface area contributed by atoms with Gasteiger partial charge in [0.05, 0.1) is 29.4 Å². The number of benzene rings is 4. The fraction of sp³-hybridized carbons (Fsp3) is 0.333. The fourth-order valence-corrected chi connectivity index (χ4v) is 8.76. The topological polar surface area (TPSA) is 130 Å². The fourth-order valence-electron chi connectivity index (χ4n) is 4.54. The minimum absolute atomic E-state index is 0.172. The van der Waals surface area contributed by atoms with Crippen molar-refractivity contribution in [1.82, 2.24) is 0 Å². The molecule has 0 bridgehead atoms. The molecule has 4 aromatic rings. The lowest BCUT2D eigenvalue weighted by molar-refractivity contribution is 0.130. The second-order valence-electron chi connectivity index (χ2n) is 14.2. The van der Waals surface area contributed by atoms with E-state index in [0.29, 0.717) is 17.2 Å². The molecular formula is C36H42O9S3. The third-order valence-corrected chi connectivity index (χ3v) is 11.7. The molecule has 0 radical (unpaired) electrons. The Labute approximate surface area is 284 Å². The summed E-state index contributed by atoms with van der Waals surface area (Å²) in [5, 5.41) is 0. The van der Waals surface area contributed by atoms with E-state index in [9.17, 15) is 25.3 Å². The van der Waals surface area contributed by atoms with Crippen LogP contribution < -0.4 is 14.2 Å². The predicted molar refractivity (Wildman–Crippen MR) is 183 cm³/mol. The molecule has 0 fully saturated rings. The van der Waals surface area contributed by atoms with Crippen LogP contribution >= 0.6 is 0 Å². The third kappa shape index (κ3) is 8.97.